The highest BCUT2D eigenvalue weighted by Crippen LogP contribution is 2.52. The number of nitrogens with one attached hydrogen (secondary N) is 3. The van der Waals surface area contributed by atoms with Gasteiger partial charge in [-0.3, -0.25) is 28.3 Å². The number of hydrogen-bond donors (Lipinski definition) is 7. The highest BCUT2D eigenvalue weighted by atomic mass is 127. The molecule has 3 atom stereocenters. The van der Waals surface area contributed by atoms with Crippen LogP contribution in [0.5, 0.6) is 0 Å². The van der Waals surface area contributed by atoms with E-state index in [0.29, 0.717) is 63.9 Å². The van der Waals surface area contributed by atoms with Gasteiger partial charge in [-0.25, -0.2) is 17.6 Å². The van der Waals surface area contributed by atoms with Gasteiger partial charge in [0.05, 0.1) is 98.9 Å². The lowest BCUT2D eigenvalue weighted by Crippen LogP contribution is -2.45. The van der Waals surface area contributed by atoms with E-state index in [-0.39, 0.29) is 109 Å². The van der Waals surface area contributed by atoms with Crippen LogP contribution in [0.3, 0.4) is 0 Å². The fourth-order valence-electron chi connectivity index (χ4n) is 9.68. The van der Waals surface area contributed by atoms with Gasteiger partial charge in [0.15, 0.2) is 21.1 Å². The van der Waals surface area contributed by atoms with Gasteiger partial charge < -0.3 is 59.7 Å². The molecule has 0 aromatic heterocycles. The Balaban J connectivity index is 0.858. The molecule has 3 aliphatic carbocycles. The van der Waals surface area contributed by atoms with Gasteiger partial charge in [0, 0.05) is 67.3 Å². The predicted molar refractivity (Wildman–Crippen MR) is 298 cm³/mol. The second-order valence-electron chi connectivity index (χ2n) is 19.2. The number of benzene rings is 3. The standard InChI is InChI=1S/C53H61IN6O21S2/c54-59-40-15-13-36-45(35-12-14-39(55)48(82(69,70)71)46(35)80-47(36)49(40)83(72,73)74)34-11-10-31(29-37(34)51(65)66)50(64)58-41(52(67)81-60-43(62)16-17-44(60)63)9-5-6-19-56-42(61)18-21-75-23-25-77-27-28-78-26-24-76-22-20-57-53(68)79-30-38-32-7-3-1-2-4-8-33(32)38/h10-15,29,32-33,38,41H,3-9,16-28,30,55H2,(H,56,61)(H,57,68)(H,58,64)(H,65,66)(H,69,70,71)(H,72,73,74). The number of alkyl carbamates (subject to hydrolysis) is 1. The minimum absolute atomic E-state index is 0.0188. The zero-order valence-electron chi connectivity index (χ0n) is 44.6. The van der Waals surface area contributed by atoms with Gasteiger partial charge in [-0.05, 0) is 91.8 Å². The first-order chi connectivity index (χ1) is 39.7. The van der Waals surface area contributed by atoms with Gasteiger partial charge in [0.2, 0.25) is 5.91 Å². The molecule has 8 N–H and O–H groups in total. The third-order valence-corrected chi connectivity index (χ3v) is 16.1. The molecule has 5 amide bonds. The summed E-state index contributed by atoms with van der Waals surface area (Å²) in [7, 11) is -10.5. The molecule has 1 saturated carbocycles. The number of amides is 5. The maximum absolute atomic E-state index is 13.9. The number of hydroxylamine groups is 2. The number of rotatable bonds is 30. The molecule has 30 heteroatoms. The molecule has 2 aliphatic heterocycles. The number of halogens is 1. The average molecular weight is 1310 g/mol. The SMILES string of the molecule is Nc1ccc2c(-c3ccc(C(=O)NC(CCCCNC(=O)CCOCCOCCOCCOCCNC(=O)OCC4C5CCC#CCCC54)C(=O)ON4C(=O)CCC4=O)cc3C(=O)O)c3ccc(=NI)c(S(=O)(=O)O)c-3oc2c1S(=O)(=O)O. The summed E-state index contributed by atoms with van der Waals surface area (Å²) >= 11 is 1.44. The van der Waals surface area contributed by atoms with E-state index in [9.17, 15) is 64.6 Å². The maximum atomic E-state index is 13.9. The lowest BCUT2D eigenvalue weighted by molar-refractivity contribution is -0.199. The molecular formula is C53H61IN6O21S2. The second kappa shape index (κ2) is 29.6. The number of nitrogens with two attached hydrogens (primary N) is 1. The van der Waals surface area contributed by atoms with Gasteiger partial charge in [0.1, 0.15) is 6.04 Å². The molecule has 2 heterocycles. The van der Waals surface area contributed by atoms with Gasteiger partial charge in [-0.2, -0.15) is 16.8 Å². The first-order valence-corrected chi connectivity index (χ1v) is 30.2. The van der Waals surface area contributed by atoms with Gasteiger partial charge >= 0.3 is 18.0 Å². The lowest BCUT2D eigenvalue weighted by Gasteiger charge is -2.21. The zero-order valence-corrected chi connectivity index (χ0v) is 48.3. The minimum Gasteiger partial charge on any atom is -0.478 e. The van der Waals surface area contributed by atoms with Gasteiger partial charge in [-0.1, -0.05) is 6.07 Å². The Morgan fingerprint density at radius 1 is 0.783 bits per heavy atom. The zero-order chi connectivity index (χ0) is 59.8. The number of ether oxygens (including phenoxy) is 5. The Hall–Kier alpha value is -6.83. The summed E-state index contributed by atoms with van der Waals surface area (Å²) in [4.78, 5) is 92.9. The summed E-state index contributed by atoms with van der Waals surface area (Å²) in [6, 6.07) is 6.27. The molecule has 2 aromatic rings. The van der Waals surface area contributed by atoms with Crippen LogP contribution in [0.1, 0.15) is 84.9 Å². The molecule has 2 aromatic carbocycles. The van der Waals surface area contributed by atoms with E-state index >= 15 is 0 Å². The molecule has 0 bridgehead atoms. The van der Waals surface area contributed by atoms with Crippen LogP contribution in [0.2, 0.25) is 0 Å². The van der Waals surface area contributed by atoms with Crippen LogP contribution in [-0.4, -0.2) is 156 Å². The topological polar surface area (TPSA) is 395 Å². The van der Waals surface area contributed by atoms with Crippen LogP contribution in [0, 0.1) is 29.6 Å². The van der Waals surface area contributed by atoms with Crippen molar-refractivity contribution in [1.29, 1.82) is 0 Å². The molecule has 3 unspecified atom stereocenters. The van der Waals surface area contributed by atoms with E-state index in [1.165, 1.54) is 35.0 Å². The number of nitrogen functional groups attached to an aromatic ring is 1. The Bertz CT molecular complexity index is 3400. The highest BCUT2D eigenvalue weighted by molar-refractivity contribution is 14.1. The van der Waals surface area contributed by atoms with Crippen LogP contribution in [0.25, 0.3) is 33.4 Å². The van der Waals surface area contributed by atoms with E-state index < -0.39 is 94.4 Å². The molecule has 83 heavy (non-hydrogen) atoms. The van der Waals surface area contributed by atoms with Crippen LogP contribution in [0.4, 0.5) is 10.5 Å². The molecule has 0 radical (unpaired) electrons. The smallest absolute Gasteiger partial charge is 0.407 e. The second-order valence-corrected chi connectivity index (χ2v) is 22.4. The third kappa shape index (κ3) is 17.2. The number of fused-ring (bicyclic) bond motifs is 3. The first-order valence-electron chi connectivity index (χ1n) is 26.3. The van der Waals surface area contributed by atoms with E-state index in [1.54, 1.807) is 0 Å². The van der Waals surface area contributed by atoms with Crippen molar-refractivity contribution in [3.63, 3.8) is 0 Å². The molecule has 0 spiro atoms. The predicted octanol–water partition coefficient (Wildman–Crippen LogP) is 3.84. The minimum atomic E-state index is -5.24. The van der Waals surface area contributed by atoms with E-state index in [4.69, 9.17) is 38.7 Å². The highest BCUT2D eigenvalue weighted by Gasteiger charge is 2.49. The Morgan fingerprint density at radius 2 is 1.40 bits per heavy atom. The van der Waals surface area contributed by atoms with Crippen molar-refractivity contribution >= 4 is 101 Å². The molecule has 1 saturated heterocycles. The van der Waals surface area contributed by atoms with Crippen LogP contribution >= 0.6 is 22.9 Å². The molecule has 2 fully saturated rings. The summed E-state index contributed by atoms with van der Waals surface area (Å²) < 4.78 is 108. The number of anilines is 1. The number of carboxylic acids is 1. The number of nitrogens with zero attached hydrogens (tertiary/aromatic N) is 2. The molecule has 7 rings (SSSR count). The van der Waals surface area contributed by atoms with E-state index in [0.717, 1.165) is 56.0 Å². The summed E-state index contributed by atoms with van der Waals surface area (Å²) in [5.41, 5.74) is 2.96. The van der Waals surface area contributed by atoms with Gasteiger partial charge in [-0.15, -0.1) is 16.9 Å². The van der Waals surface area contributed by atoms with Crippen LogP contribution < -0.4 is 27.0 Å². The van der Waals surface area contributed by atoms with Crippen LogP contribution in [-0.2, 0) is 67.9 Å². The molecular weight excluding hydrogens is 1250 g/mol. The maximum Gasteiger partial charge on any atom is 0.407 e. The number of carbonyl (C=O) groups is 7. The normalized spacial score (nSPS) is 17.5. The third-order valence-electron chi connectivity index (χ3n) is 13.7. The Labute approximate surface area is 489 Å². The average Bonchev–Trinajstić information content (AvgIpc) is 2.80. The van der Waals surface area contributed by atoms with Crippen molar-refractivity contribution in [2.45, 2.75) is 80.0 Å². The van der Waals surface area contributed by atoms with Crippen molar-refractivity contribution < 1.29 is 97.5 Å². The monoisotopic (exact) mass is 1310 g/mol. The van der Waals surface area contributed by atoms with Crippen molar-refractivity contribution in [2.24, 2.45) is 21.0 Å². The van der Waals surface area contributed by atoms with Crippen molar-refractivity contribution in [2.75, 3.05) is 78.3 Å². The number of unbranched alkanes of at least 4 members (excludes halogenated alkanes) is 1. The molecule has 27 nitrogen and oxygen atoms in total. The molecule has 448 valence electrons. The summed E-state index contributed by atoms with van der Waals surface area (Å²) in [5, 5.41) is 18.1. The number of carbonyl (C=O) groups excluding carboxylic acids is 6. The van der Waals surface area contributed by atoms with Crippen molar-refractivity contribution in [3.05, 3.63) is 58.9 Å². The molecule has 5 aliphatic rings. The fraction of sp³-hybridized carbons (Fsp3) is 0.472. The number of imide groups is 1. The fourth-order valence-corrected chi connectivity index (χ4v) is 11.8. The number of carboxylic acid groups (broad SMARTS) is 1. The lowest BCUT2D eigenvalue weighted by atomic mass is 9.89. The van der Waals surface area contributed by atoms with E-state index in [1.807, 2.05) is 0 Å². The Morgan fingerprint density at radius 3 is 2.01 bits per heavy atom. The largest absolute Gasteiger partial charge is 0.478 e. The van der Waals surface area contributed by atoms with Crippen molar-refractivity contribution in [3.8, 4) is 34.3 Å². The summed E-state index contributed by atoms with van der Waals surface area (Å²) in [5.74, 6) is 1.42. The van der Waals surface area contributed by atoms with Crippen LogP contribution in [0.15, 0.2) is 59.9 Å². The number of hydrogen-bond acceptors (Lipinski definition) is 20. The van der Waals surface area contributed by atoms with Gasteiger partial charge in [0.25, 0.3) is 38.0 Å². The number of aromatic carboxylic acids is 1. The van der Waals surface area contributed by atoms with E-state index in [2.05, 4.69) is 31.0 Å². The Kier molecular flexibility index (Phi) is 22.7. The quantitative estimate of drug-likeness (QED) is 0.00741. The van der Waals surface area contributed by atoms with Crippen molar-refractivity contribution in [1.82, 2.24) is 21.0 Å². The summed E-state index contributed by atoms with van der Waals surface area (Å²) in [6.45, 7) is 3.03. The summed E-state index contributed by atoms with van der Waals surface area (Å²) in [6.07, 6.45) is 3.33. The first kappa shape index (κ1) is 63.7.